The van der Waals surface area contributed by atoms with Crippen molar-refractivity contribution >= 4 is 5.97 Å². The van der Waals surface area contributed by atoms with E-state index in [0.29, 0.717) is 5.69 Å². The molecule has 2 N–H and O–H groups in total. The minimum Gasteiger partial charge on any atom is -0.464 e. The average molecular weight is 264 g/mol. The predicted molar refractivity (Wildman–Crippen MR) is 75.0 cm³/mol. The standard InChI is InChI=1S/C15H24N2O2/c1-11-3-5-12(6-4-11)9-16-10-13-7-8-14(17-13)15(18)19-2/h7-8,11-12,16-17H,3-6,9-10H2,1-2H3. The van der Waals surface area contributed by atoms with Gasteiger partial charge in [-0.15, -0.1) is 0 Å². The zero-order valence-corrected chi connectivity index (χ0v) is 11.9. The van der Waals surface area contributed by atoms with Gasteiger partial charge in [0.15, 0.2) is 0 Å². The summed E-state index contributed by atoms with van der Waals surface area (Å²) in [5.74, 6) is 1.40. The van der Waals surface area contributed by atoms with Gasteiger partial charge in [0, 0.05) is 12.2 Å². The molecule has 2 rings (SSSR count). The lowest BCUT2D eigenvalue weighted by molar-refractivity contribution is 0.0594. The van der Waals surface area contributed by atoms with Gasteiger partial charge in [0.25, 0.3) is 0 Å². The minimum absolute atomic E-state index is 0.312. The van der Waals surface area contributed by atoms with Crippen LogP contribution < -0.4 is 5.32 Å². The van der Waals surface area contributed by atoms with Gasteiger partial charge < -0.3 is 15.0 Å². The number of esters is 1. The maximum Gasteiger partial charge on any atom is 0.354 e. The molecule has 4 heteroatoms. The van der Waals surface area contributed by atoms with Crippen molar-refractivity contribution < 1.29 is 9.53 Å². The Morgan fingerprint density at radius 1 is 1.37 bits per heavy atom. The number of nitrogens with one attached hydrogen (secondary N) is 2. The molecule has 1 saturated carbocycles. The second-order valence-corrected chi connectivity index (χ2v) is 5.65. The van der Waals surface area contributed by atoms with Crippen molar-refractivity contribution in [1.82, 2.24) is 10.3 Å². The number of H-pyrrole nitrogens is 1. The SMILES string of the molecule is COC(=O)c1ccc(CNCC2CCC(C)CC2)[nH]1. The molecule has 0 aliphatic heterocycles. The molecule has 1 aliphatic rings. The number of aromatic amines is 1. The van der Waals surface area contributed by atoms with Crippen LogP contribution in [0.4, 0.5) is 0 Å². The molecule has 0 spiro atoms. The Kier molecular flexibility index (Phi) is 5.02. The van der Waals surface area contributed by atoms with Crippen LogP contribution in [0.15, 0.2) is 12.1 Å². The van der Waals surface area contributed by atoms with Gasteiger partial charge in [-0.25, -0.2) is 4.79 Å². The molecule has 1 aromatic heterocycles. The summed E-state index contributed by atoms with van der Waals surface area (Å²) in [6.45, 7) is 4.19. The van der Waals surface area contributed by atoms with Crippen LogP contribution in [0.25, 0.3) is 0 Å². The van der Waals surface area contributed by atoms with Crippen LogP contribution in [0.1, 0.15) is 48.8 Å². The Labute approximate surface area is 114 Å². The van der Waals surface area contributed by atoms with E-state index >= 15 is 0 Å². The normalized spacial score (nSPS) is 23.3. The molecule has 1 fully saturated rings. The molecule has 4 nitrogen and oxygen atoms in total. The first-order valence-electron chi connectivity index (χ1n) is 7.16. The number of carbonyl (C=O) groups excluding carboxylic acids is 1. The Bertz CT molecular complexity index is 406. The number of rotatable bonds is 5. The topological polar surface area (TPSA) is 54.1 Å². The molecule has 0 amide bonds. The van der Waals surface area contributed by atoms with Crippen molar-refractivity contribution in [2.24, 2.45) is 11.8 Å². The van der Waals surface area contributed by atoms with Crippen LogP contribution in [0.2, 0.25) is 0 Å². The molecule has 0 unspecified atom stereocenters. The van der Waals surface area contributed by atoms with Gasteiger partial charge in [-0.2, -0.15) is 0 Å². The van der Waals surface area contributed by atoms with Crippen molar-refractivity contribution in [2.45, 2.75) is 39.2 Å². The first-order chi connectivity index (χ1) is 9.19. The van der Waals surface area contributed by atoms with E-state index in [-0.39, 0.29) is 5.97 Å². The third-order valence-corrected chi connectivity index (χ3v) is 4.04. The van der Waals surface area contributed by atoms with Crippen molar-refractivity contribution in [3.05, 3.63) is 23.5 Å². The molecule has 1 aromatic rings. The zero-order chi connectivity index (χ0) is 13.7. The zero-order valence-electron chi connectivity index (χ0n) is 11.9. The lowest BCUT2D eigenvalue weighted by atomic mass is 9.83. The molecule has 0 radical (unpaired) electrons. The first-order valence-corrected chi connectivity index (χ1v) is 7.16. The van der Waals surface area contributed by atoms with Gasteiger partial charge in [-0.3, -0.25) is 0 Å². The van der Waals surface area contributed by atoms with E-state index in [1.54, 1.807) is 6.07 Å². The van der Waals surface area contributed by atoms with E-state index < -0.39 is 0 Å². The summed E-state index contributed by atoms with van der Waals surface area (Å²) in [4.78, 5) is 14.4. The van der Waals surface area contributed by atoms with E-state index in [2.05, 4.69) is 22.0 Å². The number of aromatic nitrogens is 1. The fourth-order valence-electron chi connectivity index (χ4n) is 2.72. The molecule has 19 heavy (non-hydrogen) atoms. The van der Waals surface area contributed by atoms with E-state index in [9.17, 15) is 4.79 Å². The number of hydrogen-bond donors (Lipinski definition) is 2. The Morgan fingerprint density at radius 2 is 2.11 bits per heavy atom. The molecule has 0 aromatic carbocycles. The summed E-state index contributed by atoms with van der Waals surface area (Å²) in [6.07, 6.45) is 5.40. The summed E-state index contributed by atoms with van der Waals surface area (Å²) < 4.78 is 4.67. The average Bonchev–Trinajstić information content (AvgIpc) is 2.89. The highest BCUT2D eigenvalue weighted by Gasteiger charge is 2.17. The van der Waals surface area contributed by atoms with Crippen molar-refractivity contribution in [1.29, 1.82) is 0 Å². The number of ether oxygens (including phenoxy) is 1. The summed E-state index contributed by atoms with van der Waals surface area (Å²) in [5, 5.41) is 3.47. The second kappa shape index (κ2) is 6.75. The monoisotopic (exact) mass is 264 g/mol. The first kappa shape index (κ1) is 14.1. The third kappa shape index (κ3) is 4.10. The Hall–Kier alpha value is -1.29. The maximum absolute atomic E-state index is 11.3. The Morgan fingerprint density at radius 3 is 2.79 bits per heavy atom. The number of methoxy groups -OCH3 is 1. The van der Waals surface area contributed by atoms with Crippen molar-refractivity contribution in [3.8, 4) is 0 Å². The summed E-state index contributed by atoms with van der Waals surface area (Å²) in [5.41, 5.74) is 1.55. The van der Waals surface area contributed by atoms with Gasteiger partial charge in [0.05, 0.1) is 7.11 Å². The minimum atomic E-state index is -0.312. The predicted octanol–water partition coefficient (Wildman–Crippen LogP) is 2.72. The molecule has 0 atom stereocenters. The largest absolute Gasteiger partial charge is 0.464 e. The van der Waals surface area contributed by atoms with Crippen molar-refractivity contribution in [3.63, 3.8) is 0 Å². The number of hydrogen-bond acceptors (Lipinski definition) is 3. The molecular formula is C15H24N2O2. The van der Waals surface area contributed by atoms with E-state index in [0.717, 1.165) is 30.6 Å². The van der Waals surface area contributed by atoms with Crippen LogP contribution in [-0.4, -0.2) is 24.6 Å². The molecular weight excluding hydrogens is 240 g/mol. The van der Waals surface area contributed by atoms with E-state index in [1.807, 2.05) is 6.07 Å². The van der Waals surface area contributed by atoms with E-state index in [4.69, 9.17) is 0 Å². The molecule has 0 saturated heterocycles. The highest BCUT2D eigenvalue weighted by atomic mass is 16.5. The highest BCUT2D eigenvalue weighted by molar-refractivity contribution is 5.87. The molecule has 1 aliphatic carbocycles. The lowest BCUT2D eigenvalue weighted by Gasteiger charge is -2.26. The summed E-state index contributed by atoms with van der Waals surface area (Å²) in [7, 11) is 1.39. The van der Waals surface area contributed by atoms with E-state index in [1.165, 1.54) is 32.8 Å². The van der Waals surface area contributed by atoms with Gasteiger partial charge in [0.2, 0.25) is 0 Å². The van der Waals surface area contributed by atoms with Crippen LogP contribution in [-0.2, 0) is 11.3 Å². The fraction of sp³-hybridized carbons (Fsp3) is 0.667. The molecule has 106 valence electrons. The third-order valence-electron chi connectivity index (χ3n) is 4.04. The van der Waals surface area contributed by atoms with Crippen LogP contribution in [0, 0.1) is 11.8 Å². The van der Waals surface area contributed by atoms with Gasteiger partial charge in [-0.1, -0.05) is 19.8 Å². The van der Waals surface area contributed by atoms with Crippen molar-refractivity contribution in [2.75, 3.05) is 13.7 Å². The second-order valence-electron chi connectivity index (χ2n) is 5.65. The van der Waals surface area contributed by atoms with Crippen LogP contribution in [0.5, 0.6) is 0 Å². The molecule has 1 heterocycles. The van der Waals surface area contributed by atoms with Gasteiger partial charge >= 0.3 is 5.97 Å². The van der Waals surface area contributed by atoms with Crippen LogP contribution in [0.3, 0.4) is 0 Å². The van der Waals surface area contributed by atoms with Crippen LogP contribution >= 0.6 is 0 Å². The number of carbonyl (C=O) groups is 1. The smallest absolute Gasteiger partial charge is 0.354 e. The highest BCUT2D eigenvalue weighted by Crippen LogP contribution is 2.27. The molecule has 0 bridgehead atoms. The summed E-state index contributed by atoms with van der Waals surface area (Å²) in [6, 6.07) is 3.70. The quantitative estimate of drug-likeness (QED) is 0.804. The Balaban J connectivity index is 1.71. The lowest BCUT2D eigenvalue weighted by Crippen LogP contribution is -2.25. The fourth-order valence-corrected chi connectivity index (χ4v) is 2.72. The van der Waals surface area contributed by atoms with Gasteiger partial charge in [-0.05, 0) is 43.4 Å². The van der Waals surface area contributed by atoms with Gasteiger partial charge in [0.1, 0.15) is 5.69 Å². The summed E-state index contributed by atoms with van der Waals surface area (Å²) >= 11 is 0. The maximum atomic E-state index is 11.3.